The number of hydrazine groups is 1. The van der Waals surface area contributed by atoms with Crippen LogP contribution in [0.2, 0.25) is 0 Å². The maximum absolute atomic E-state index is 11.5. The Balaban J connectivity index is 1.96. The number of nitrogens with one attached hydrogen (secondary N) is 1. The average Bonchev–Trinajstić information content (AvgIpc) is 2.85. The van der Waals surface area contributed by atoms with Gasteiger partial charge in [0, 0.05) is 18.6 Å². The molecule has 2 unspecified atom stereocenters. The van der Waals surface area contributed by atoms with Crippen molar-refractivity contribution in [2.24, 2.45) is 5.28 Å². The van der Waals surface area contributed by atoms with Gasteiger partial charge in [0.05, 0.1) is 25.8 Å². The van der Waals surface area contributed by atoms with Crippen LogP contribution in [0.15, 0.2) is 5.28 Å². The van der Waals surface area contributed by atoms with Crippen LogP contribution in [0.25, 0.3) is 0 Å². The summed E-state index contributed by atoms with van der Waals surface area (Å²) in [6, 6.07) is 0. The molecule has 0 aliphatic carbocycles. The lowest BCUT2D eigenvalue weighted by Crippen LogP contribution is -2.65. The second-order valence-electron chi connectivity index (χ2n) is 8.71. The zero-order valence-electron chi connectivity index (χ0n) is 20.3. The SMILES string of the molecule is CCCN(CCCNC[C@H]1O[C@H](OC2[C@@H](CO)O[C@H](C)[C@H](O)[C@H]2O)[C@H](O)[C@@H](O)C1OC)/[N+]([O-])=N/[O-]. The van der Waals surface area contributed by atoms with Crippen LogP contribution in [0.4, 0.5) is 0 Å². The van der Waals surface area contributed by atoms with Crippen molar-refractivity contribution in [2.45, 2.75) is 87.9 Å². The van der Waals surface area contributed by atoms with Crippen LogP contribution in [0.3, 0.4) is 0 Å². The highest BCUT2D eigenvalue weighted by atomic mass is 16.7. The molecule has 0 aromatic rings. The van der Waals surface area contributed by atoms with Crippen LogP contribution in [-0.2, 0) is 18.9 Å². The normalized spacial score (nSPS) is 38.5. The van der Waals surface area contributed by atoms with Crippen molar-refractivity contribution in [1.29, 1.82) is 0 Å². The first-order chi connectivity index (χ1) is 16.7. The number of nitrogens with zero attached hydrogens (tertiary/aromatic N) is 3. The molecule has 2 fully saturated rings. The number of aliphatic hydroxyl groups excluding tert-OH is 5. The van der Waals surface area contributed by atoms with Gasteiger partial charge in [0.25, 0.3) is 0 Å². The van der Waals surface area contributed by atoms with Gasteiger partial charge in [-0.1, -0.05) is 6.92 Å². The molecule has 0 amide bonds. The Bertz CT molecular complexity index is 646. The predicted molar refractivity (Wildman–Crippen MR) is 119 cm³/mol. The summed E-state index contributed by atoms with van der Waals surface area (Å²) in [5.41, 5.74) is 0. The maximum Gasteiger partial charge on any atom is 0.187 e. The lowest BCUT2D eigenvalue weighted by Gasteiger charge is -2.46. The van der Waals surface area contributed by atoms with Gasteiger partial charge in [-0.2, -0.15) is 0 Å². The molecule has 2 rings (SSSR count). The fourth-order valence-electron chi connectivity index (χ4n) is 4.29. The molecular formula is C20H39N4O11-. The predicted octanol–water partition coefficient (Wildman–Crippen LogP) is -2.60. The second-order valence-corrected chi connectivity index (χ2v) is 8.71. The summed E-state index contributed by atoms with van der Waals surface area (Å²) in [6.07, 6.45) is -10.5. The molecule has 0 radical (unpaired) electrons. The quantitative estimate of drug-likeness (QED) is 0.0648. The largest absolute Gasteiger partial charge is 0.737 e. The van der Waals surface area contributed by atoms with Crippen molar-refractivity contribution in [1.82, 2.24) is 10.3 Å². The van der Waals surface area contributed by atoms with Gasteiger partial charge in [0.15, 0.2) is 6.29 Å². The first-order valence-corrected chi connectivity index (χ1v) is 11.8. The Hall–Kier alpha value is -1.40. The zero-order valence-corrected chi connectivity index (χ0v) is 20.3. The number of hydrogen-bond donors (Lipinski definition) is 6. The van der Waals surface area contributed by atoms with E-state index in [1.807, 2.05) is 6.92 Å². The number of aliphatic hydroxyl groups is 5. The van der Waals surface area contributed by atoms with Crippen molar-refractivity contribution in [2.75, 3.05) is 39.9 Å². The fraction of sp³-hybridized carbons (Fsp3) is 1.00. The molecule has 2 heterocycles. The molecule has 35 heavy (non-hydrogen) atoms. The monoisotopic (exact) mass is 511 g/mol. The molecule has 15 nitrogen and oxygen atoms in total. The van der Waals surface area contributed by atoms with Gasteiger partial charge < -0.3 is 60.2 Å². The molecule has 0 saturated carbocycles. The molecule has 0 aromatic carbocycles. The molecule has 0 aromatic heterocycles. The third kappa shape index (κ3) is 7.55. The number of methoxy groups -OCH3 is 1. The van der Waals surface area contributed by atoms with Crippen LogP contribution in [0, 0.1) is 10.4 Å². The second kappa shape index (κ2) is 14.4. The summed E-state index contributed by atoms with van der Waals surface area (Å²) < 4.78 is 22.3. The minimum Gasteiger partial charge on any atom is -0.737 e. The van der Waals surface area contributed by atoms with E-state index in [1.165, 1.54) is 12.1 Å². The topological polar surface area (TPSA) is 215 Å². The van der Waals surface area contributed by atoms with Crippen molar-refractivity contribution >= 4 is 0 Å². The van der Waals surface area contributed by atoms with Gasteiger partial charge in [-0.15, -0.1) is 5.01 Å². The molecule has 2 saturated heterocycles. The molecule has 0 spiro atoms. The van der Waals surface area contributed by atoms with Crippen LogP contribution in [0.1, 0.15) is 26.7 Å². The summed E-state index contributed by atoms with van der Waals surface area (Å²) in [5.74, 6) is 0. The molecule has 2 aliphatic rings. The summed E-state index contributed by atoms with van der Waals surface area (Å²) in [4.78, 5) is 0.0229. The molecule has 10 atom stereocenters. The molecule has 2 aliphatic heterocycles. The first-order valence-electron chi connectivity index (χ1n) is 11.8. The van der Waals surface area contributed by atoms with Gasteiger partial charge in [0.1, 0.15) is 48.8 Å². The van der Waals surface area contributed by atoms with E-state index in [1.54, 1.807) is 6.92 Å². The molecular weight excluding hydrogens is 472 g/mol. The van der Waals surface area contributed by atoms with Gasteiger partial charge in [0.2, 0.25) is 0 Å². The van der Waals surface area contributed by atoms with Crippen LogP contribution in [0.5, 0.6) is 0 Å². The standard InChI is InChI=1S/C20H40N4O11/c1-4-7-23(24(31)22-30)8-5-6-21-9-12-18(32-3)16(28)17(29)20(34-12)35-19-13(10-25)33-11(2)14(26)15(19)27/h11-21,25-30H,4-10H2,1-3H3/p-1/b24-22-/t11-,12-,13-,14+,15-,16-,17-,18?,19?,20-/m1/s1. The van der Waals surface area contributed by atoms with E-state index in [4.69, 9.17) is 18.9 Å². The third-order valence-electron chi connectivity index (χ3n) is 6.22. The van der Waals surface area contributed by atoms with Crippen LogP contribution >= 0.6 is 0 Å². The lowest BCUT2D eigenvalue weighted by atomic mass is 9.95. The van der Waals surface area contributed by atoms with Gasteiger partial charge in [-0.05, 0) is 31.6 Å². The Kier molecular flexibility index (Phi) is 12.2. The first kappa shape index (κ1) is 29.8. The fourth-order valence-corrected chi connectivity index (χ4v) is 4.29. The van der Waals surface area contributed by atoms with E-state index < -0.39 is 67.8 Å². The highest BCUT2D eigenvalue weighted by Gasteiger charge is 2.50. The molecule has 15 heteroatoms. The third-order valence-corrected chi connectivity index (χ3v) is 6.22. The number of ether oxygens (including phenoxy) is 4. The van der Waals surface area contributed by atoms with Crippen molar-refractivity contribution < 1.29 is 49.4 Å². The minimum absolute atomic E-state index is 0.0229. The summed E-state index contributed by atoms with van der Waals surface area (Å²) in [7, 11) is 1.36. The van der Waals surface area contributed by atoms with Crippen molar-refractivity contribution in [3.63, 3.8) is 0 Å². The Morgan fingerprint density at radius 2 is 1.71 bits per heavy atom. The molecule has 0 bridgehead atoms. The van der Waals surface area contributed by atoms with E-state index in [0.29, 0.717) is 32.5 Å². The Morgan fingerprint density at radius 1 is 1.03 bits per heavy atom. The van der Waals surface area contributed by atoms with E-state index in [0.717, 1.165) is 0 Å². The van der Waals surface area contributed by atoms with Gasteiger partial charge in [-0.25, -0.2) is 0 Å². The molecule has 206 valence electrons. The Labute approximate surface area is 204 Å². The smallest absolute Gasteiger partial charge is 0.187 e. The lowest BCUT2D eigenvalue weighted by molar-refractivity contribution is -0.690. The Morgan fingerprint density at radius 3 is 2.31 bits per heavy atom. The zero-order chi connectivity index (χ0) is 26.1. The highest BCUT2D eigenvalue weighted by Crippen LogP contribution is 2.29. The van der Waals surface area contributed by atoms with E-state index in [-0.39, 0.29) is 11.5 Å². The van der Waals surface area contributed by atoms with Crippen LogP contribution < -0.4 is 5.32 Å². The van der Waals surface area contributed by atoms with Crippen molar-refractivity contribution in [3.8, 4) is 0 Å². The summed E-state index contributed by atoms with van der Waals surface area (Å²) in [6.45, 7) is 4.19. The van der Waals surface area contributed by atoms with E-state index >= 15 is 0 Å². The van der Waals surface area contributed by atoms with E-state index in [9.17, 15) is 35.9 Å². The van der Waals surface area contributed by atoms with Crippen molar-refractivity contribution in [3.05, 3.63) is 10.4 Å². The van der Waals surface area contributed by atoms with E-state index in [2.05, 4.69) is 10.6 Å². The highest BCUT2D eigenvalue weighted by molar-refractivity contribution is 4.95. The average molecular weight is 512 g/mol. The minimum atomic E-state index is -1.54. The van der Waals surface area contributed by atoms with Gasteiger partial charge in [-0.3, -0.25) is 0 Å². The number of rotatable bonds is 13. The molecule has 6 N–H and O–H groups in total. The number of hydrogen-bond acceptors (Lipinski definition) is 13. The summed E-state index contributed by atoms with van der Waals surface area (Å²) in [5, 5.41) is 80.0. The maximum atomic E-state index is 11.5. The summed E-state index contributed by atoms with van der Waals surface area (Å²) >= 11 is 0. The van der Waals surface area contributed by atoms with Crippen LogP contribution in [-0.4, -0.2) is 137 Å². The van der Waals surface area contributed by atoms with Gasteiger partial charge >= 0.3 is 0 Å².